The summed E-state index contributed by atoms with van der Waals surface area (Å²) in [5.74, 6) is -0.146. The third kappa shape index (κ3) is 2.36. The van der Waals surface area contributed by atoms with Crippen LogP contribution in [0.1, 0.15) is 17.5 Å². The van der Waals surface area contributed by atoms with Crippen LogP contribution >= 0.6 is 0 Å². The zero-order valence-corrected chi connectivity index (χ0v) is 8.82. The first-order valence-corrected chi connectivity index (χ1v) is 5.16. The van der Waals surface area contributed by atoms with Crippen LogP contribution in [-0.2, 0) is 22.5 Å². The van der Waals surface area contributed by atoms with Crippen LogP contribution in [0.5, 0.6) is 0 Å². The van der Waals surface area contributed by atoms with Crippen LogP contribution in [0.3, 0.4) is 0 Å². The minimum atomic E-state index is -0.146. The number of carbonyl (C=O) groups is 1. The first-order chi connectivity index (χ1) is 7.29. The van der Waals surface area contributed by atoms with Crippen molar-refractivity contribution in [3.05, 3.63) is 35.4 Å². The summed E-state index contributed by atoms with van der Waals surface area (Å²) in [7, 11) is 1.43. The Balaban J connectivity index is 2.02. The summed E-state index contributed by atoms with van der Waals surface area (Å²) < 4.78 is 4.66. The van der Waals surface area contributed by atoms with Crippen LogP contribution in [0.25, 0.3) is 0 Å². The molecule has 1 atom stereocenters. The van der Waals surface area contributed by atoms with E-state index in [1.807, 2.05) is 12.1 Å². The van der Waals surface area contributed by atoms with Gasteiger partial charge in [0.1, 0.15) is 0 Å². The number of nitrogens with one attached hydrogen (secondary N) is 1. The first kappa shape index (κ1) is 10.2. The highest BCUT2D eigenvalue weighted by Crippen LogP contribution is 2.17. The van der Waals surface area contributed by atoms with Crippen LogP contribution in [-0.4, -0.2) is 19.1 Å². The summed E-state index contributed by atoms with van der Waals surface area (Å²) in [6.07, 6.45) is 1.36. The van der Waals surface area contributed by atoms with E-state index in [1.54, 1.807) is 0 Å². The second-order valence-corrected chi connectivity index (χ2v) is 3.83. The van der Waals surface area contributed by atoms with Crippen molar-refractivity contribution < 1.29 is 9.53 Å². The van der Waals surface area contributed by atoms with Gasteiger partial charge in [0.15, 0.2) is 0 Å². The van der Waals surface area contributed by atoms with Crippen LogP contribution in [0.2, 0.25) is 0 Å². The average Bonchev–Trinajstić information content (AvgIpc) is 2.29. The molecule has 0 bridgehead atoms. The number of methoxy groups -OCH3 is 1. The number of rotatable bonds is 2. The highest BCUT2D eigenvalue weighted by molar-refractivity contribution is 5.70. The quantitative estimate of drug-likeness (QED) is 0.739. The summed E-state index contributed by atoms with van der Waals surface area (Å²) in [4.78, 5) is 11.1. The molecule has 0 spiro atoms. The SMILES string of the molecule is COC(=O)CC1Cc2ccccc2CN1. The molecule has 0 aromatic heterocycles. The number of ether oxygens (including phenoxy) is 1. The van der Waals surface area contributed by atoms with Gasteiger partial charge in [-0.3, -0.25) is 4.79 Å². The second kappa shape index (κ2) is 4.45. The molecule has 80 valence electrons. The van der Waals surface area contributed by atoms with Gasteiger partial charge < -0.3 is 10.1 Å². The Kier molecular flexibility index (Phi) is 3.02. The molecule has 3 heteroatoms. The van der Waals surface area contributed by atoms with Gasteiger partial charge in [0.25, 0.3) is 0 Å². The van der Waals surface area contributed by atoms with Gasteiger partial charge in [-0.05, 0) is 17.5 Å². The Morgan fingerprint density at radius 3 is 2.93 bits per heavy atom. The molecule has 1 heterocycles. The average molecular weight is 205 g/mol. The summed E-state index contributed by atoms with van der Waals surface area (Å²) in [6.45, 7) is 0.845. The van der Waals surface area contributed by atoms with E-state index in [9.17, 15) is 4.79 Å². The fourth-order valence-corrected chi connectivity index (χ4v) is 1.95. The van der Waals surface area contributed by atoms with Crippen LogP contribution < -0.4 is 5.32 Å². The van der Waals surface area contributed by atoms with Gasteiger partial charge in [0.2, 0.25) is 0 Å². The fraction of sp³-hybridized carbons (Fsp3) is 0.417. The Bertz CT molecular complexity index is 362. The number of benzene rings is 1. The van der Waals surface area contributed by atoms with Crippen molar-refractivity contribution in [1.82, 2.24) is 5.32 Å². The maximum atomic E-state index is 11.1. The maximum absolute atomic E-state index is 11.1. The number of hydrogen-bond donors (Lipinski definition) is 1. The largest absolute Gasteiger partial charge is 0.469 e. The summed E-state index contributed by atoms with van der Waals surface area (Å²) in [5.41, 5.74) is 2.67. The highest BCUT2D eigenvalue weighted by Gasteiger charge is 2.19. The molecule has 0 aliphatic carbocycles. The molecule has 1 aromatic rings. The number of carbonyl (C=O) groups excluding carboxylic acids is 1. The van der Waals surface area contributed by atoms with Gasteiger partial charge >= 0.3 is 5.97 Å². The number of fused-ring (bicyclic) bond motifs is 1. The van der Waals surface area contributed by atoms with Crippen molar-refractivity contribution in [2.24, 2.45) is 0 Å². The predicted octanol–water partition coefficient (Wildman–Crippen LogP) is 1.26. The molecule has 0 saturated heterocycles. The third-order valence-electron chi connectivity index (χ3n) is 2.81. The third-order valence-corrected chi connectivity index (χ3v) is 2.81. The monoisotopic (exact) mass is 205 g/mol. The molecule has 1 aliphatic heterocycles. The van der Waals surface area contributed by atoms with Crippen molar-refractivity contribution in [3.63, 3.8) is 0 Å². The van der Waals surface area contributed by atoms with Crippen molar-refractivity contribution in [3.8, 4) is 0 Å². The van der Waals surface area contributed by atoms with Gasteiger partial charge in [-0.25, -0.2) is 0 Å². The molecular weight excluding hydrogens is 190 g/mol. The highest BCUT2D eigenvalue weighted by atomic mass is 16.5. The normalized spacial score (nSPS) is 19.4. The zero-order chi connectivity index (χ0) is 10.7. The molecule has 1 N–H and O–H groups in total. The Hall–Kier alpha value is -1.35. The van der Waals surface area contributed by atoms with Gasteiger partial charge in [-0.2, -0.15) is 0 Å². The lowest BCUT2D eigenvalue weighted by atomic mass is 9.94. The van der Waals surface area contributed by atoms with Crippen molar-refractivity contribution in [1.29, 1.82) is 0 Å². The molecule has 0 amide bonds. The summed E-state index contributed by atoms with van der Waals surface area (Å²) >= 11 is 0. The summed E-state index contributed by atoms with van der Waals surface area (Å²) in [5, 5.41) is 3.34. The number of hydrogen-bond acceptors (Lipinski definition) is 3. The lowest BCUT2D eigenvalue weighted by molar-refractivity contribution is -0.141. The summed E-state index contributed by atoms with van der Waals surface area (Å²) in [6, 6.07) is 8.55. The lowest BCUT2D eigenvalue weighted by Crippen LogP contribution is -2.37. The topological polar surface area (TPSA) is 38.3 Å². The second-order valence-electron chi connectivity index (χ2n) is 3.83. The Morgan fingerprint density at radius 2 is 2.20 bits per heavy atom. The van der Waals surface area contributed by atoms with Crippen LogP contribution in [0.15, 0.2) is 24.3 Å². The van der Waals surface area contributed by atoms with Crippen molar-refractivity contribution in [2.75, 3.05) is 7.11 Å². The molecule has 0 saturated carbocycles. The standard InChI is InChI=1S/C12H15NO2/c1-15-12(14)7-11-6-9-4-2-3-5-10(9)8-13-11/h2-5,11,13H,6-8H2,1H3. The minimum Gasteiger partial charge on any atom is -0.469 e. The molecule has 0 fully saturated rings. The van der Waals surface area contributed by atoms with Crippen LogP contribution in [0.4, 0.5) is 0 Å². The Morgan fingerprint density at radius 1 is 1.47 bits per heavy atom. The molecule has 1 aliphatic rings. The van der Waals surface area contributed by atoms with Crippen LogP contribution in [0, 0.1) is 0 Å². The first-order valence-electron chi connectivity index (χ1n) is 5.16. The van der Waals surface area contributed by atoms with E-state index in [0.29, 0.717) is 6.42 Å². The van der Waals surface area contributed by atoms with E-state index in [-0.39, 0.29) is 12.0 Å². The van der Waals surface area contributed by atoms with E-state index >= 15 is 0 Å². The van der Waals surface area contributed by atoms with Gasteiger partial charge in [0.05, 0.1) is 13.5 Å². The molecule has 1 unspecified atom stereocenters. The molecule has 3 nitrogen and oxygen atoms in total. The molecular formula is C12H15NO2. The Labute approximate surface area is 89.4 Å². The minimum absolute atomic E-state index is 0.146. The van der Waals surface area contributed by atoms with E-state index < -0.39 is 0 Å². The molecule has 1 aromatic carbocycles. The van der Waals surface area contributed by atoms with E-state index in [0.717, 1.165) is 13.0 Å². The van der Waals surface area contributed by atoms with E-state index in [2.05, 4.69) is 22.2 Å². The van der Waals surface area contributed by atoms with Crippen molar-refractivity contribution in [2.45, 2.75) is 25.4 Å². The smallest absolute Gasteiger partial charge is 0.307 e. The van der Waals surface area contributed by atoms with E-state index in [1.165, 1.54) is 18.2 Å². The maximum Gasteiger partial charge on any atom is 0.307 e. The zero-order valence-electron chi connectivity index (χ0n) is 8.82. The van der Waals surface area contributed by atoms with E-state index in [4.69, 9.17) is 0 Å². The fourth-order valence-electron chi connectivity index (χ4n) is 1.95. The van der Waals surface area contributed by atoms with Crippen molar-refractivity contribution >= 4 is 5.97 Å². The molecule has 15 heavy (non-hydrogen) atoms. The number of esters is 1. The molecule has 0 radical (unpaired) electrons. The van der Waals surface area contributed by atoms with Gasteiger partial charge in [-0.15, -0.1) is 0 Å². The van der Waals surface area contributed by atoms with Gasteiger partial charge in [0, 0.05) is 12.6 Å². The lowest BCUT2D eigenvalue weighted by Gasteiger charge is -2.25. The predicted molar refractivity (Wildman–Crippen MR) is 57.4 cm³/mol. The van der Waals surface area contributed by atoms with Gasteiger partial charge in [-0.1, -0.05) is 24.3 Å². The molecule has 2 rings (SSSR count).